The zero-order chi connectivity index (χ0) is 12.1. The highest BCUT2D eigenvalue weighted by Crippen LogP contribution is 2.20. The Morgan fingerprint density at radius 2 is 1.94 bits per heavy atom. The molecule has 0 amide bonds. The highest BCUT2D eigenvalue weighted by Gasteiger charge is 2.14. The summed E-state index contributed by atoms with van der Waals surface area (Å²) in [5.41, 5.74) is 2.50. The maximum absolute atomic E-state index is 11.4. The zero-order valence-electron chi connectivity index (χ0n) is 10.4. The number of allylic oxidation sites excluding steroid dienone is 2. The van der Waals surface area contributed by atoms with Gasteiger partial charge in [-0.25, -0.2) is 0 Å². The highest BCUT2D eigenvalue weighted by molar-refractivity contribution is 5.91. The largest absolute Gasteiger partial charge is 0.371 e. The van der Waals surface area contributed by atoms with Gasteiger partial charge in [0.1, 0.15) is 0 Å². The van der Waals surface area contributed by atoms with Gasteiger partial charge in [0.05, 0.1) is 0 Å². The molecule has 2 rings (SSSR count). The lowest BCUT2D eigenvalue weighted by atomic mass is 10.0. The van der Waals surface area contributed by atoms with Gasteiger partial charge >= 0.3 is 0 Å². The van der Waals surface area contributed by atoms with E-state index in [4.69, 9.17) is 0 Å². The van der Waals surface area contributed by atoms with Crippen molar-refractivity contribution in [2.24, 2.45) is 0 Å². The van der Waals surface area contributed by atoms with Gasteiger partial charge in [-0.1, -0.05) is 30.3 Å². The molecule has 1 aliphatic carbocycles. The standard InChI is InChI=1S/C15H19NO/c1-2-16(12-13-7-4-3-5-8-13)14-9-6-10-15(17)11-14/h3-5,7-8,11H,2,6,9-10,12H2,1H3. The van der Waals surface area contributed by atoms with Gasteiger partial charge in [0.25, 0.3) is 0 Å². The van der Waals surface area contributed by atoms with Crippen molar-refractivity contribution in [3.8, 4) is 0 Å². The van der Waals surface area contributed by atoms with Crippen molar-refractivity contribution in [3.05, 3.63) is 47.7 Å². The van der Waals surface area contributed by atoms with Crippen LogP contribution >= 0.6 is 0 Å². The minimum Gasteiger partial charge on any atom is -0.371 e. The topological polar surface area (TPSA) is 20.3 Å². The van der Waals surface area contributed by atoms with Gasteiger partial charge in [-0.2, -0.15) is 0 Å². The summed E-state index contributed by atoms with van der Waals surface area (Å²) in [4.78, 5) is 13.7. The second kappa shape index (κ2) is 5.67. The number of ketones is 1. The SMILES string of the molecule is CCN(Cc1ccccc1)C1=CC(=O)CCC1. The quantitative estimate of drug-likeness (QED) is 0.790. The Morgan fingerprint density at radius 3 is 2.59 bits per heavy atom. The monoisotopic (exact) mass is 229 g/mol. The van der Waals surface area contributed by atoms with E-state index in [1.165, 1.54) is 11.3 Å². The molecule has 0 N–H and O–H groups in total. The van der Waals surface area contributed by atoms with Crippen LogP contribution in [0.2, 0.25) is 0 Å². The first-order chi connectivity index (χ1) is 8.29. The fourth-order valence-corrected chi connectivity index (χ4v) is 2.24. The molecule has 0 bridgehead atoms. The predicted octanol–water partition coefficient (Wildman–Crippen LogP) is 3.15. The molecule has 1 aromatic carbocycles. The van der Waals surface area contributed by atoms with Crippen LogP contribution in [0.1, 0.15) is 31.7 Å². The Morgan fingerprint density at radius 1 is 1.18 bits per heavy atom. The number of benzene rings is 1. The van der Waals surface area contributed by atoms with E-state index in [-0.39, 0.29) is 5.78 Å². The minimum absolute atomic E-state index is 0.276. The van der Waals surface area contributed by atoms with E-state index >= 15 is 0 Å². The molecule has 0 saturated carbocycles. The van der Waals surface area contributed by atoms with Crippen molar-refractivity contribution in [2.75, 3.05) is 6.54 Å². The number of carbonyl (C=O) groups is 1. The van der Waals surface area contributed by atoms with E-state index in [2.05, 4.69) is 36.1 Å². The van der Waals surface area contributed by atoms with Gasteiger partial charge in [-0.05, 0) is 25.3 Å². The normalized spacial score (nSPS) is 15.6. The summed E-state index contributed by atoms with van der Waals surface area (Å²) in [7, 11) is 0. The van der Waals surface area contributed by atoms with Crippen molar-refractivity contribution in [3.63, 3.8) is 0 Å². The molecular weight excluding hydrogens is 210 g/mol. The first-order valence-corrected chi connectivity index (χ1v) is 6.32. The number of hydrogen-bond acceptors (Lipinski definition) is 2. The molecule has 0 aromatic heterocycles. The number of carbonyl (C=O) groups excluding carboxylic acids is 1. The van der Waals surface area contributed by atoms with Crippen molar-refractivity contribution in [1.29, 1.82) is 0 Å². The molecule has 0 atom stereocenters. The van der Waals surface area contributed by atoms with E-state index in [0.717, 1.165) is 25.9 Å². The summed E-state index contributed by atoms with van der Waals surface area (Å²) in [6.45, 7) is 3.99. The van der Waals surface area contributed by atoms with Crippen LogP contribution in [0.15, 0.2) is 42.1 Å². The summed E-state index contributed by atoms with van der Waals surface area (Å²) in [5.74, 6) is 0.276. The van der Waals surface area contributed by atoms with Gasteiger partial charge in [0, 0.05) is 31.3 Å². The molecule has 0 unspecified atom stereocenters. The van der Waals surface area contributed by atoms with Crippen molar-refractivity contribution in [2.45, 2.75) is 32.7 Å². The van der Waals surface area contributed by atoms with Gasteiger partial charge in [0.2, 0.25) is 0 Å². The molecule has 0 fully saturated rings. The smallest absolute Gasteiger partial charge is 0.157 e. The Balaban J connectivity index is 2.09. The molecule has 1 aliphatic rings. The third kappa shape index (κ3) is 3.19. The third-order valence-electron chi connectivity index (χ3n) is 3.19. The summed E-state index contributed by atoms with van der Waals surface area (Å²) in [6.07, 6.45) is 4.57. The average molecular weight is 229 g/mol. The van der Waals surface area contributed by atoms with Crippen LogP contribution in [-0.4, -0.2) is 17.2 Å². The minimum atomic E-state index is 0.276. The van der Waals surface area contributed by atoms with Crippen LogP contribution in [0, 0.1) is 0 Å². The van der Waals surface area contributed by atoms with E-state index in [0.29, 0.717) is 6.42 Å². The first kappa shape index (κ1) is 11.9. The first-order valence-electron chi connectivity index (χ1n) is 6.32. The van der Waals surface area contributed by atoms with Crippen LogP contribution < -0.4 is 0 Å². The summed E-state index contributed by atoms with van der Waals surface area (Å²) < 4.78 is 0. The Hall–Kier alpha value is -1.57. The molecule has 0 aliphatic heterocycles. The Bertz CT molecular complexity index is 408. The third-order valence-corrected chi connectivity index (χ3v) is 3.19. The van der Waals surface area contributed by atoms with Crippen LogP contribution in [-0.2, 0) is 11.3 Å². The molecule has 2 heteroatoms. The number of hydrogen-bond donors (Lipinski definition) is 0. The van der Waals surface area contributed by atoms with E-state index in [1.807, 2.05) is 12.1 Å². The fourth-order valence-electron chi connectivity index (χ4n) is 2.24. The van der Waals surface area contributed by atoms with Gasteiger partial charge < -0.3 is 4.90 Å². The van der Waals surface area contributed by atoms with Crippen molar-refractivity contribution < 1.29 is 4.79 Å². The van der Waals surface area contributed by atoms with Crippen LogP contribution in [0.4, 0.5) is 0 Å². The molecule has 90 valence electrons. The molecule has 0 radical (unpaired) electrons. The van der Waals surface area contributed by atoms with Gasteiger partial charge in [-0.15, -0.1) is 0 Å². The van der Waals surface area contributed by atoms with E-state index in [1.54, 1.807) is 0 Å². The summed E-state index contributed by atoms with van der Waals surface area (Å²) in [6, 6.07) is 10.4. The Kier molecular flexibility index (Phi) is 3.97. The maximum Gasteiger partial charge on any atom is 0.157 e. The molecule has 0 heterocycles. The number of rotatable bonds is 4. The fraction of sp³-hybridized carbons (Fsp3) is 0.400. The molecule has 0 saturated heterocycles. The summed E-state index contributed by atoms with van der Waals surface area (Å²) >= 11 is 0. The molecule has 0 spiro atoms. The lowest BCUT2D eigenvalue weighted by Gasteiger charge is -2.28. The molecule has 1 aromatic rings. The van der Waals surface area contributed by atoms with Crippen LogP contribution in [0.3, 0.4) is 0 Å². The van der Waals surface area contributed by atoms with Gasteiger partial charge in [-0.3, -0.25) is 4.79 Å². The van der Waals surface area contributed by atoms with Gasteiger partial charge in [0.15, 0.2) is 5.78 Å². The Labute approximate surface area is 103 Å². The number of nitrogens with zero attached hydrogens (tertiary/aromatic N) is 1. The highest BCUT2D eigenvalue weighted by atomic mass is 16.1. The lowest BCUT2D eigenvalue weighted by molar-refractivity contribution is -0.115. The second-order valence-corrected chi connectivity index (χ2v) is 4.46. The van der Waals surface area contributed by atoms with Crippen molar-refractivity contribution in [1.82, 2.24) is 4.90 Å². The van der Waals surface area contributed by atoms with Crippen LogP contribution in [0.5, 0.6) is 0 Å². The lowest BCUT2D eigenvalue weighted by Crippen LogP contribution is -2.24. The van der Waals surface area contributed by atoms with E-state index < -0.39 is 0 Å². The molecule has 2 nitrogen and oxygen atoms in total. The second-order valence-electron chi connectivity index (χ2n) is 4.46. The predicted molar refractivity (Wildman–Crippen MR) is 69.5 cm³/mol. The zero-order valence-corrected chi connectivity index (χ0v) is 10.4. The summed E-state index contributed by atoms with van der Waals surface area (Å²) in [5, 5.41) is 0. The van der Waals surface area contributed by atoms with Crippen LogP contribution in [0.25, 0.3) is 0 Å². The maximum atomic E-state index is 11.4. The van der Waals surface area contributed by atoms with E-state index in [9.17, 15) is 4.79 Å². The molecular formula is C15H19NO. The van der Waals surface area contributed by atoms with Crippen molar-refractivity contribution >= 4 is 5.78 Å². The average Bonchev–Trinajstić information content (AvgIpc) is 2.37. The molecule has 17 heavy (non-hydrogen) atoms.